The number of benzene rings is 1. The van der Waals surface area contributed by atoms with E-state index < -0.39 is 78.9 Å². The Kier molecular flexibility index (Phi) is 8.73. The number of fused-ring (bicyclic) bond motifs is 2. The number of nitrogens with one attached hydrogen (secondary N) is 1. The molecular weight excluding hydrogens is 662 g/mol. The van der Waals surface area contributed by atoms with Gasteiger partial charge in [-0.1, -0.05) is 45.0 Å². The molecule has 47 heavy (non-hydrogen) atoms. The van der Waals surface area contributed by atoms with Gasteiger partial charge in [-0.15, -0.1) is 0 Å². The molecular formula is C28H34F2N6O9SSi. The van der Waals surface area contributed by atoms with Crippen LogP contribution in [-0.4, -0.2) is 88.3 Å². The predicted octanol–water partition coefficient (Wildman–Crippen LogP) is 1.01. The molecule has 1 aliphatic carbocycles. The minimum absolute atomic E-state index is 0.100. The van der Waals surface area contributed by atoms with Crippen molar-refractivity contribution in [2.75, 3.05) is 12.3 Å². The van der Waals surface area contributed by atoms with Crippen molar-refractivity contribution < 1.29 is 50.7 Å². The van der Waals surface area contributed by atoms with Crippen LogP contribution in [0.4, 0.5) is 14.6 Å². The molecule has 0 bridgehead atoms. The monoisotopic (exact) mass is 696 g/mol. The van der Waals surface area contributed by atoms with E-state index in [9.17, 15) is 37.3 Å². The Labute approximate surface area is 269 Å². The maximum absolute atomic E-state index is 14.8. The third-order valence-electron chi connectivity index (χ3n) is 8.64. The Morgan fingerprint density at radius 1 is 1.21 bits per heavy atom. The van der Waals surface area contributed by atoms with E-state index in [0.717, 1.165) is 12.1 Å². The van der Waals surface area contributed by atoms with Crippen LogP contribution >= 0.6 is 0 Å². The fourth-order valence-corrected chi connectivity index (χ4v) is 6.98. The first-order valence-electron chi connectivity index (χ1n) is 14.3. The first kappa shape index (κ1) is 34.7. The van der Waals surface area contributed by atoms with Gasteiger partial charge in [0.05, 0.1) is 12.9 Å². The molecule has 2 aliphatic rings. The molecule has 5 rings (SSSR count). The number of aliphatic hydroxyl groups excluding tert-OH is 2. The van der Waals surface area contributed by atoms with E-state index in [0.29, 0.717) is 0 Å². The van der Waals surface area contributed by atoms with Crippen LogP contribution in [0.3, 0.4) is 0 Å². The largest absolute Gasteiger partial charge is 0.407 e. The third kappa shape index (κ3) is 6.11. The first-order valence-corrected chi connectivity index (χ1v) is 18.6. The van der Waals surface area contributed by atoms with Gasteiger partial charge >= 0.3 is 22.1 Å². The lowest BCUT2D eigenvalue weighted by Gasteiger charge is -2.40. The van der Waals surface area contributed by atoms with E-state index in [2.05, 4.69) is 15.0 Å². The third-order valence-corrected chi connectivity index (χ3v) is 14.0. The zero-order valence-corrected chi connectivity index (χ0v) is 27.7. The number of aliphatic hydroxyl groups is 3. The molecule has 6 atom stereocenters. The van der Waals surface area contributed by atoms with Crippen molar-refractivity contribution in [1.29, 1.82) is 0 Å². The maximum Gasteiger partial charge on any atom is 0.363 e. The van der Waals surface area contributed by atoms with Crippen LogP contribution in [0.5, 0.6) is 0 Å². The zero-order chi connectivity index (χ0) is 34.7. The highest BCUT2D eigenvalue weighted by molar-refractivity contribution is 7.85. The van der Waals surface area contributed by atoms with Gasteiger partial charge in [0.25, 0.3) is 0 Å². The lowest BCUT2D eigenvalue weighted by atomic mass is 9.94. The summed E-state index contributed by atoms with van der Waals surface area (Å²) in [5.41, 5.74) is 2.44. The standard InChI is InChI=1S/C28H34F2N6O9SSi/c1-26(2,3)47(4,5)45-21-20(38)17(44-25(21)36-14-34-19-23(31)32-13-33-24(19)36)12-43-46(41,42)35-18(37)10-11-27(40)16-9-7-6-8-15(16)22(39)28(27,29)30/h6-9,13-14,17,20-22,25,38-40H,12H2,1-5H3,(H,35,37)(H2,31,32,33)/t17-,20-,21-,22+,25-,27+/m1/s1. The summed E-state index contributed by atoms with van der Waals surface area (Å²) in [6, 6.07) is 4.95. The van der Waals surface area contributed by atoms with Gasteiger partial charge in [0, 0.05) is 5.56 Å². The average Bonchev–Trinajstić information content (AvgIpc) is 3.58. The maximum atomic E-state index is 14.8. The molecule has 15 nitrogen and oxygen atoms in total. The molecule has 6 N–H and O–H groups in total. The van der Waals surface area contributed by atoms with Crippen LogP contribution in [-0.2, 0) is 34.0 Å². The molecule has 2 aromatic heterocycles. The van der Waals surface area contributed by atoms with Crippen LogP contribution in [0.1, 0.15) is 44.2 Å². The number of carbonyl (C=O) groups excluding carboxylic acids is 1. The topological polar surface area (TPSA) is 221 Å². The van der Waals surface area contributed by atoms with Crippen molar-refractivity contribution in [2.45, 2.75) is 81.1 Å². The number of amides is 1. The van der Waals surface area contributed by atoms with E-state index in [4.69, 9.17) is 19.1 Å². The van der Waals surface area contributed by atoms with Gasteiger partial charge in [0.2, 0.25) is 5.60 Å². The summed E-state index contributed by atoms with van der Waals surface area (Å²) in [4.78, 5) is 24.7. The fourth-order valence-electron chi connectivity index (χ4n) is 5.04. The number of ether oxygens (including phenoxy) is 1. The molecule has 0 spiro atoms. The molecule has 1 saturated heterocycles. The number of nitrogens with zero attached hydrogens (tertiary/aromatic N) is 4. The molecule has 19 heteroatoms. The second kappa shape index (κ2) is 11.8. The van der Waals surface area contributed by atoms with Crippen LogP contribution in [0.2, 0.25) is 18.1 Å². The Morgan fingerprint density at radius 3 is 2.57 bits per heavy atom. The number of nitrogen functional groups attached to an aromatic ring is 1. The highest BCUT2D eigenvalue weighted by Gasteiger charge is 2.65. The summed E-state index contributed by atoms with van der Waals surface area (Å²) >= 11 is 0. The van der Waals surface area contributed by atoms with Gasteiger partial charge in [-0.05, 0) is 35.5 Å². The molecule has 3 heterocycles. The fraction of sp³-hybridized carbons (Fsp3) is 0.500. The first-order chi connectivity index (χ1) is 21.7. The smallest absolute Gasteiger partial charge is 0.363 e. The minimum Gasteiger partial charge on any atom is -0.407 e. The normalized spacial score (nSPS) is 27.3. The molecule has 1 aromatic carbocycles. The Bertz CT molecular complexity index is 1880. The zero-order valence-electron chi connectivity index (χ0n) is 25.9. The van der Waals surface area contributed by atoms with Gasteiger partial charge in [0.15, 0.2) is 26.0 Å². The number of hydrogen-bond donors (Lipinski definition) is 5. The second-order valence-corrected chi connectivity index (χ2v) is 18.8. The molecule has 0 saturated carbocycles. The van der Waals surface area contributed by atoms with E-state index in [1.807, 2.05) is 33.9 Å². The van der Waals surface area contributed by atoms with Gasteiger partial charge in [0.1, 0.15) is 36.3 Å². The number of halogens is 2. The minimum atomic E-state index is -4.94. The number of nitrogens with two attached hydrogens (primary N) is 1. The van der Waals surface area contributed by atoms with Gasteiger partial charge in [-0.25, -0.2) is 19.7 Å². The Hall–Kier alpha value is -3.61. The molecule has 1 aliphatic heterocycles. The van der Waals surface area contributed by atoms with Crippen LogP contribution in [0, 0.1) is 11.8 Å². The number of imidazole rings is 1. The molecule has 1 fully saturated rings. The van der Waals surface area contributed by atoms with E-state index in [1.165, 1.54) is 34.1 Å². The second-order valence-electron chi connectivity index (χ2n) is 12.7. The van der Waals surface area contributed by atoms with Crippen molar-refractivity contribution in [3.63, 3.8) is 0 Å². The molecule has 0 radical (unpaired) electrons. The lowest BCUT2D eigenvalue weighted by Crippen LogP contribution is -2.49. The van der Waals surface area contributed by atoms with Crippen LogP contribution in [0.15, 0.2) is 36.9 Å². The van der Waals surface area contributed by atoms with E-state index >= 15 is 0 Å². The highest BCUT2D eigenvalue weighted by atomic mass is 32.2. The van der Waals surface area contributed by atoms with Gasteiger partial charge in [-0.2, -0.15) is 17.2 Å². The van der Waals surface area contributed by atoms with Crippen molar-refractivity contribution in [2.24, 2.45) is 0 Å². The summed E-state index contributed by atoms with van der Waals surface area (Å²) in [5, 5.41) is 31.7. The molecule has 3 aromatic rings. The van der Waals surface area contributed by atoms with Gasteiger partial charge in [-0.3, -0.25) is 13.5 Å². The van der Waals surface area contributed by atoms with Crippen molar-refractivity contribution >= 4 is 41.5 Å². The number of hydrogen-bond acceptors (Lipinski definition) is 13. The van der Waals surface area contributed by atoms with E-state index in [-0.39, 0.29) is 27.6 Å². The summed E-state index contributed by atoms with van der Waals surface area (Å²) in [5.74, 6) is -2.39. The van der Waals surface area contributed by atoms with E-state index in [1.54, 1.807) is 11.8 Å². The number of alkyl halides is 2. The molecule has 254 valence electrons. The molecule has 0 unspecified atom stereocenters. The summed E-state index contributed by atoms with van der Waals surface area (Å²) in [6.45, 7) is 9.06. The summed E-state index contributed by atoms with van der Waals surface area (Å²) < 4.78 is 75.2. The number of carbonyl (C=O) groups is 1. The quantitative estimate of drug-likeness (QED) is 0.172. The summed E-state index contributed by atoms with van der Waals surface area (Å²) in [6.07, 6.45) is -4.70. The lowest BCUT2D eigenvalue weighted by molar-refractivity contribution is -0.197. The van der Waals surface area contributed by atoms with Crippen LogP contribution < -0.4 is 10.5 Å². The number of anilines is 1. The number of rotatable bonds is 7. The Balaban J connectivity index is 1.33. The predicted molar refractivity (Wildman–Crippen MR) is 163 cm³/mol. The highest BCUT2D eigenvalue weighted by Crippen LogP contribution is 2.53. The summed E-state index contributed by atoms with van der Waals surface area (Å²) in [7, 11) is -7.52. The van der Waals surface area contributed by atoms with Crippen molar-refractivity contribution in [1.82, 2.24) is 24.2 Å². The van der Waals surface area contributed by atoms with Crippen molar-refractivity contribution in [3.8, 4) is 11.8 Å². The SMILES string of the molecule is CC(C)(C)[Si](C)(C)O[C@@H]1[C@H](O)[C@@H](COS(=O)(=O)NC(=O)C#C[C@]2(O)c3ccccc3[C@H](O)C2(F)F)O[C@H]1n1cnc2c(N)ncnc21. The average molecular weight is 697 g/mol. The molecule has 1 amide bonds. The van der Waals surface area contributed by atoms with Crippen molar-refractivity contribution in [3.05, 3.63) is 48.0 Å². The Morgan fingerprint density at radius 2 is 1.89 bits per heavy atom. The van der Waals surface area contributed by atoms with Crippen LogP contribution in [0.25, 0.3) is 11.2 Å². The van der Waals surface area contributed by atoms with Gasteiger partial charge < -0.3 is 30.2 Å². The number of aromatic nitrogens is 4.